The molecule has 12 heteroatoms. The van der Waals surface area contributed by atoms with E-state index in [2.05, 4.69) is 26.8 Å². The topological polar surface area (TPSA) is 136 Å². The van der Waals surface area contributed by atoms with Crippen molar-refractivity contribution in [2.24, 2.45) is 23.7 Å². The number of carbonyl (C=O) groups is 1. The highest BCUT2D eigenvalue weighted by molar-refractivity contribution is 8.26. The first-order valence-electron chi connectivity index (χ1n) is 11.3. The summed E-state index contributed by atoms with van der Waals surface area (Å²) in [7, 11) is 2.94. The summed E-state index contributed by atoms with van der Waals surface area (Å²) in [6.07, 6.45) is 3.06. The lowest BCUT2D eigenvalue weighted by Gasteiger charge is -2.14. The zero-order valence-corrected chi connectivity index (χ0v) is 21.2. The minimum absolute atomic E-state index is 0.0531. The standard InChI is InChI=1S/C26H22F2N6O3S/c1-34-8-7-15(9-23(34)35)19-10-16(17-11-20(24(27)28)32-13-21(17)37-2)18(12-31-19)25(36)33-26(30)38-22(29)6-5-14-3-4-14/h7-14,24,29H,3-4H2,1-2H3,(H2,30,33,36). The second-order valence-corrected chi connectivity index (χ2v) is 9.35. The van der Waals surface area contributed by atoms with Gasteiger partial charge in [-0.15, -0.1) is 0 Å². The summed E-state index contributed by atoms with van der Waals surface area (Å²) in [5.74, 6) is 5.22. The van der Waals surface area contributed by atoms with E-state index in [-0.39, 0.29) is 38.2 Å². The SMILES string of the molecule is COc1cnc(C(F)F)cc1-c1cc(-c2ccn(C)c(=O)c2)ncc1C(=O)N=C(N)SC(=N)C#CC1CC1. The number of aliphatic imine (C=N–C) groups is 1. The molecule has 3 N–H and O–H groups in total. The third-order valence-corrected chi connectivity index (χ3v) is 6.15. The number of ether oxygens (including phenoxy) is 1. The summed E-state index contributed by atoms with van der Waals surface area (Å²) >= 11 is 0.736. The van der Waals surface area contributed by atoms with E-state index in [1.165, 1.54) is 30.0 Å². The molecule has 0 saturated heterocycles. The number of methoxy groups -OCH3 is 1. The molecule has 0 atom stereocenters. The Bertz CT molecular complexity index is 1570. The van der Waals surface area contributed by atoms with E-state index >= 15 is 0 Å². The average molecular weight is 537 g/mol. The van der Waals surface area contributed by atoms with Crippen molar-refractivity contribution < 1.29 is 18.3 Å². The van der Waals surface area contributed by atoms with Crippen LogP contribution in [-0.2, 0) is 7.05 Å². The number of aryl methyl sites for hydroxylation is 1. The summed E-state index contributed by atoms with van der Waals surface area (Å²) in [6.45, 7) is 0. The number of aromatic nitrogens is 3. The van der Waals surface area contributed by atoms with Crippen molar-refractivity contribution in [2.75, 3.05) is 7.11 Å². The fraction of sp³-hybridized carbons (Fsp3) is 0.231. The van der Waals surface area contributed by atoms with E-state index in [0.29, 0.717) is 17.2 Å². The third-order valence-electron chi connectivity index (χ3n) is 5.54. The van der Waals surface area contributed by atoms with Crippen LogP contribution in [0.3, 0.4) is 0 Å². The van der Waals surface area contributed by atoms with Gasteiger partial charge in [-0.25, -0.2) is 8.78 Å². The van der Waals surface area contributed by atoms with Crippen LogP contribution in [0.15, 0.2) is 52.6 Å². The quantitative estimate of drug-likeness (QED) is 0.285. The molecule has 0 bridgehead atoms. The number of nitrogens with one attached hydrogen (secondary N) is 1. The van der Waals surface area contributed by atoms with Gasteiger partial charge in [0.1, 0.15) is 16.5 Å². The van der Waals surface area contributed by atoms with E-state index in [1.54, 1.807) is 19.3 Å². The van der Waals surface area contributed by atoms with Gasteiger partial charge in [-0.1, -0.05) is 5.92 Å². The number of carbonyl (C=O) groups excluding carboxylic acids is 1. The molecule has 4 rings (SSSR count). The zero-order chi connectivity index (χ0) is 27.4. The van der Waals surface area contributed by atoms with Gasteiger partial charge in [0.15, 0.2) is 5.17 Å². The number of thioether (sulfide) groups is 1. The number of nitrogens with two attached hydrogens (primary N) is 1. The van der Waals surface area contributed by atoms with Crippen LogP contribution in [0, 0.1) is 23.2 Å². The monoisotopic (exact) mass is 536 g/mol. The summed E-state index contributed by atoms with van der Waals surface area (Å²) < 4.78 is 33.7. The normalized spacial score (nSPS) is 13.1. The maximum absolute atomic E-state index is 13.5. The molecule has 1 aliphatic carbocycles. The first-order chi connectivity index (χ1) is 18.2. The van der Waals surface area contributed by atoms with Crippen molar-refractivity contribution in [3.05, 3.63) is 64.5 Å². The van der Waals surface area contributed by atoms with Crippen molar-refractivity contribution in [1.29, 1.82) is 5.41 Å². The van der Waals surface area contributed by atoms with Crippen molar-refractivity contribution in [1.82, 2.24) is 14.5 Å². The molecule has 38 heavy (non-hydrogen) atoms. The van der Waals surface area contributed by atoms with Crippen LogP contribution in [-0.4, -0.2) is 37.8 Å². The minimum Gasteiger partial charge on any atom is -0.494 e. The molecule has 0 spiro atoms. The molecule has 0 aliphatic heterocycles. The Kier molecular flexibility index (Phi) is 7.97. The predicted octanol–water partition coefficient (Wildman–Crippen LogP) is 4.03. The van der Waals surface area contributed by atoms with Gasteiger partial charge in [-0.2, -0.15) is 4.99 Å². The Hall–Kier alpha value is -4.37. The Morgan fingerprint density at radius 3 is 2.68 bits per heavy atom. The Morgan fingerprint density at radius 2 is 2.03 bits per heavy atom. The Balaban J connectivity index is 1.79. The molecular weight excluding hydrogens is 514 g/mol. The van der Waals surface area contributed by atoms with E-state index in [0.717, 1.165) is 36.9 Å². The molecule has 1 amide bonds. The summed E-state index contributed by atoms with van der Waals surface area (Å²) in [4.78, 5) is 37.3. The number of rotatable bonds is 5. The number of amides is 1. The number of amidine groups is 1. The lowest BCUT2D eigenvalue weighted by atomic mass is 9.98. The molecule has 9 nitrogen and oxygen atoms in total. The number of hydrogen-bond donors (Lipinski definition) is 2. The molecule has 1 saturated carbocycles. The van der Waals surface area contributed by atoms with Crippen LogP contribution in [0.4, 0.5) is 8.78 Å². The van der Waals surface area contributed by atoms with E-state index < -0.39 is 18.0 Å². The van der Waals surface area contributed by atoms with Gasteiger partial charge in [-0.3, -0.25) is 25.0 Å². The molecule has 3 heterocycles. The fourth-order valence-corrected chi connectivity index (χ4v) is 3.82. The predicted molar refractivity (Wildman–Crippen MR) is 141 cm³/mol. The maximum Gasteiger partial charge on any atom is 0.281 e. The molecule has 0 radical (unpaired) electrons. The highest BCUT2D eigenvalue weighted by Gasteiger charge is 2.22. The summed E-state index contributed by atoms with van der Waals surface area (Å²) in [5, 5.41) is 7.66. The smallest absolute Gasteiger partial charge is 0.281 e. The van der Waals surface area contributed by atoms with Crippen LogP contribution in [0.2, 0.25) is 0 Å². The highest BCUT2D eigenvalue weighted by atomic mass is 32.2. The van der Waals surface area contributed by atoms with Gasteiger partial charge < -0.3 is 15.0 Å². The number of pyridine rings is 3. The van der Waals surface area contributed by atoms with Crippen molar-refractivity contribution >= 4 is 27.9 Å². The lowest BCUT2D eigenvalue weighted by molar-refractivity contribution is 0.100. The second kappa shape index (κ2) is 11.4. The zero-order valence-electron chi connectivity index (χ0n) is 20.4. The molecule has 194 valence electrons. The molecular formula is C26H22F2N6O3S. The van der Waals surface area contributed by atoms with Gasteiger partial charge in [0.25, 0.3) is 17.9 Å². The number of hydrogen-bond acceptors (Lipinski definition) is 7. The number of halogens is 2. The molecule has 3 aromatic heterocycles. The lowest BCUT2D eigenvalue weighted by Crippen LogP contribution is -2.14. The Morgan fingerprint density at radius 1 is 1.26 bits per heavy atom. The van der Waals surface area contributed by atoms with Gasteiger partial charge in [0.2, 0.25) is 0 Å². The molecule has 1 fully saturated rings. The molecule has 3 aromatic rings. The van der Waals surface area contributed by atoms with Gasteiger partial charge in [-0.05, 0) is 48.7 Å². The molecule has 1 aliphatic rings. The van der Waals surface area contributed by atoms with E-state index in [9.17, 15) is 18.4 Å². The number of nitrogens with zero attached hydrogens (tertiary/aromatic N) is 4. The van der Waals surface area contributed by atoms with Gasteiger partial charge in [0, 0.05) is 48.1 Å². The summed E-state index contributed by atoms with van der Waals surface area (Å²) in [5.41, 5.74) is 6.12. The second-order valence-electron chi connectivity index (χ2n) is 8.32. The van der Waals surface area contributed by atoms with Crippen LogP contribution in [0.25, 0.3) is 22.4 Å². The number of alkyl halides is 2. The van der Waals surface area contributed by atoms with Crippen LogP contribution in [0.1, 0.15) is 35.3 Å². The van der Waals surface area contributed by atoms with E-state index in [1.807, 2.05) is 0 Å². The van der Waals surface area contributed by atoms with E-state index in [4.69, 9.17) is 15.9 Å². The van der Waals surface area contributed by atoms with Crippen LogP contribution < -0.4 is 16.0 Å². The largest absolute Gasteiger partial charge is 0.494 e. The minimum atomic E-state index is -2.87. The van der Waals surface area contributed by atoms with Crippen molar-refractivity contribution in [3.63, 3.8) is 0 Å². The third kappa shape index (κ3) is 6.30. The van der Waals surface area contributed by atoms with Crippen LogP contribution in [0.5, 0.6) is 5.75 Å². The molecule has 0 unspecified atom stereocenters. The van der Waals surface area contributed by atoms with Gasteiger partial charge >= 0.3 is 0 Å². The van der Waals surface area contributed by atoms with Crippen molar-refractivity contribution in [3.8, 4) is 40.0 Å². The molecule has 0 aromatic carbocycles. The van der Waals surface area contributed by atoms with Crippen LogP contribution >= 0.6 is 11.8 Å². The summed E-state index contributed by atoms with van der Waals surface area (Å²) in [6, 6.07) is 5.62. The Labute approximate surface area is 220 Å². The van der Waals surface area contributed by atoms with Gasteiger partial charge in [0.05, 0.1) is 24.6 Å². The maximum atomic E-state index is 13.5. The first kappa shape index (κ1) is 26.7. The highest BCUT2D eigenvalue weighted by Crippen LogP contribution is 2.36. The van der Waals surface area contributed by atoms with Crippen molar-refractivity contribution in [2.45, 2.75) is 19.3 Å². The fourth-order valence-electron chi connectivity index (χ4n) is 3.37. The first-order valence-corrected chi connectivity index (χ1v) is 12.1. The average Bonchev–Trinajstić information content (AvgIpc) is 3.73.